The average molecular weight is 367 g/mol. The second kappa shape index (κ2) is 10.3. The minimum atomic E-state index is -0.590. The van der Waals surface area contributed by atoms with Crippen LogP contribution in [0.25, 0.3) is 0 Å². The first-order valence-electron chi connectivity index (χ1n) is 10.4. The fourth-order valence-electron chi connectivity index (χ4n) is 5.08. The largest absolute Gasteiger partial charge is 0.481 e. The molecule has 0 radical (unpaired) electrons. The summed E-state index contributed by atoms with van der Waals surface area (Å²) in [6.45, 7) is 19.8. The lowest BCUT2D eigenvalue weighted by molar-refractivity contribution is -0.156. The lowest BCUT2D eigenvalue weighted by Crippen LogP contribution is -2.45. The molecule has 0 aliphatic heterocycles. The monoisotopic (exact) mass is 366 g/mol. The Balaban J connectivity index is 0.000000492. The molecule has 2 aliphatic rings. The zero-order valence-corrected chi connectivity index (χ0v) is 18.4. The Bertz CT molecular complexity index is 492. The minimum absolute atomic E-state index is 0.155. The van der Waals surface area contributed by atoms with Gasteiger partial charge in [0, 0.05) is 5.92 Å². The van der Waals surface area contributed by atoms with Gasteiger partial charge in [0.25, 0.3) is 0 Å². The van der Waals surface area contributed by atoms with Crippen LogP contribution in [0.1, 0.15) is 93.9 Å². The molecule has 2 aliphatic carbocycles. The summed E-state index contributed by atoms with van der Waals surface area (Å²) in [6.07, 6.45) is 6.37. The van der Waals surface area contributed by atoms with Crippen molar-refractivity contribution in [2.24, 2.45) is 28.6 Å². The molecule has 5 unspecified atom stereocenters. The van der Waals surface area contributed by atoms with E-state index in [2.05, 4.69) is 20.4 Å². The number of aliphatic carboxylic acids is 1. The van der Waals surface area contributed by atoms with Crippen molar-refractivity contribution in [3.63, 3.8) is 0 Å². The van der Waals surface area contributed by atoms with Crippen LogP contribution < -0.4 is 0 Å². The minimum Gasteiger partial charge on any atom is -0.481 e. The maximum atomic E-state index is 11.3. The van der Waals surface area contributed by atoms with Gasteiger partial charge in [0.15, 0.2) is 5.78 Å². The summed E-state index contributed by atoms with van der Waals surface area (Å²) >= 11 is 0. The second-order valence-corrected chi connectivity index (χ2v) is 9.13. The van der Waals surface area contributed by atoms with Crippen LogP contribution in [-0.2, 0) is 9.59 Å². The zero-order chi connectivity index (χ0) is 20.7. The molecule has 152 valence electrons. The van der Waals surface area contributed by atoms with E-state index in [9.17, 15) is 14.7 Å². The number of carbonyl (C=O) groups excluding carboxylic acids is 1. The van der Waals surface area contributed by atoms with Crippen LogP contribution in [0.5, 0.6) is 0 Å². The number of carboxylic acids is 1. The molecular formula is C23H42O3. The van der Waals surface area contributed by atoms with Crippen molar-refractivity contribution in [2.75, 3.05) is 0 Å². The third kappa shape index (κ3) is 6.89. The number of carboxylic acid groups (broad SMARTS) is 1. The van der Waals surface area contributed by atoms with Gasteiger partial charge in [-0.3, -0.25) is 9.59 Å². The van der Waals surface area contributed by atoms with Gasteiger partial charge in [-0.1, -0.05) is 48.1 Å². The van der Waals surface area contributed by atoms with Gasteiger partial charge in [-0.05, 0) is 75.2 Å². The molecule has 26 heavy (non-hydrogen) atoms. The van der Waals surface area contributed by atoms with E-state index < -0.39 is 11.4 Å². The molecule has 5 atom stereocenters. The molecule has 3 heteroatoms. The maximum Gasteiger partial charge on any atom is 0.309 e. The van der Waals surface area contributed by atoms with Crippen molar-refractivity contribution in [1.82, 2.24) is 0 Å². The van der Waals surface area contributed by atoms with Gasteiger partial charge in [0.1, 0.15) is 0 Å². The molecule has 0 saturated heterocycles. The van der Waals surface area contributed by atoms with Gasteiger partial charge in [-0.25, -0.2) is 0 Å². The first kappa shape index (κ1) is 24.9. The van der Waals surface area contributed by atoms with Crippen molar-refractivity contribution in [2.45, 2.75) is 93.9 Å². The third-order valence-electron chi connectivity index (χ3n) is 5.91. The predicted molar refractivity (Wildman–Crippen MR) is 110 cm³/mol. The summed E-state index contributed by atoms with van der Waals surface area (Å²) in [5.74, 6) is 1.19. The normalized spacial score (nSPS) is 33.5. The van der Waals surface area contributed by atoms with Crippen LogP contribution in [0, 0.1) is 28.6 Å². The smallest absolute Gasteiger partial charge is 0.309 e. The number of rotatable bonds is 4. The number of carbonyl (C=O) groups is 2. The van der Waals surface area contributed by atoms with Crippen LogP contribution in [0.4, 0.5) is 0 Å². The highest BCUT2D eigenvalue weighted by Crippen LogP contribution is 2.56. The number of allylic oxidation sites excluding steroid dienone is 1. The number of Topliss-reactive ketones (excluding diaryl/α,β-unsaturated/α-hetero) is 1. The Labute approximate surface area is 161 Å². The highest BCUT2D eigenvalue weighted by molar-refractivity contribution is 5.95. The number of fused-ring (bicyclic) bond motifs is 2. The third-order valence-corrected chi connectivity index (χ3v) is 5.91. The molecule has 0 heterocycles. The van der Waals surface area contributed by atoms with Crippen LogP contribution >= 0.6 is 0 Å². The standard InChI is InChI=1S/C13H22O2.C8H14O.C2H6/c1-9-4-10-6-12(2,5-9)8-13(3,7-10)11(14)15;1-5-7(4)8(9)6(2)3;1-2/h9-10H,4-8H2,1-3H3,(H,14,15);7H,2,5H2,1,3-4H3;1-2H3. The van der Waals surface area contributed by atoms with E-state index in [-0.39, 0.29) is 17.1 Å². The summed E-state index contributed by atoms with van der Waals surface area (Å²) < 4.78 is 0. The Kier molecular flexibility index (Phi) is 9.83. The van der Waals surface area contributed by atoms with Gasteiger partial charge in [0.2, 0.25) is 0 Å². The van der Waals surface area contributed by atoms with Crippen molar-refractivity contribution < 1.29 is 14.7 Å². The molecule has 2 saturated carbocycles. The molecule has 0 aromatic heterocycles. The Morgan fingerprint density at radius 2 is 1.73 bits per heavy atom. The zero-order valence-electron chi connectivity index (χ0n) is 18.4. The number of hydrogen-bond donors (Lipinski definition) is 1. The van der Waals surface area contributed by atoms with E-state index in [1.165, 1.54) is 19.3 Å². The second-order valence-electron chi connectivity index (χ2n) is 9.13. The molecule has 2 bridgehead atoms. The fraction of sp³-hybridized carbons (Fsp3) is 0.826. The fourth-order valence-corrected chi connectivity index (χ4v) is 5.08. The van der Waals surface area contributed by atoms with Crippen LogP contribution in [0.2, 0.25) is 0 Å². The van der Waals surface area contributed by atoms with Crippen molar-refractivity contribution in [3.8, 4) is 0 Å². The van der Waals surface area contributed by atoms with Gasteiger partial charge >= 0.3 is 5.97 Å². The van der Waals surface area contributed by atoms with E-state index >= 15 is 0 Å². The highest BCUT2D eigenvalue weighted by atomic mass is 16.4. The van der Waals surface area contributed by atoms with E-state index in [1.54, 1.807) is 6.92 Å². The van der Waals surface area contributed by atoms with E-state index in [0.29, 0.717) is 11.5 Å². The molecule has 0 amide bonds. The Morgan fingerprint density at radius 1 is 1.19 bits per heavy atom. The first-order chi connectivity index (χ1) is 11.9. The maximum absolute atomic E-state index is 11.3. The van der Waals surface area contributed by atoms with Crippen LogP contribution in [0.15, 0.2) is 12.2 Å². The molecule has 2 fully saturated rings. The van der Waals surface area contributed by atoms with Gasteiger partial charge in [-0.15, -0.1) is 0 Å². The highest BCUT2D eigenvalue weighted by Gasteiger charge is 2.50. The summed E-state index contributed by atoms with van der Waals surface area (Å²) in [4.78, 5) is 22.3. The van der Waals surface area contributed by atoms with Crippen LogP contribution in [-0.4, -0.2) is 16.9 Å². The molecule has 1 N–H and O–H groups in total. The predicted octanol–water partition coefficient (Wildman–Crippen LogP) is 6.52. The summed E-state index contributed by atoms with van der Waals surface area (Å²) in [7, 11) is 0. The molecule has 0 spiro atoms. The molecule has 0 aromatic rings. The lowest BCUT2D eigenvalue weighted by Gasteiger charge is -2.51. The van der Waals surface area contributed by atoms with Gasteiger partial charge in [-0.2, -0.15) is 0 Å². The molecule has 2 rings (SSSR count). The lowest BCUT2D eigenvalue weighted by atomic mass is 9.53. The average Bonchev–Trinajstić information content (AvgIpc) is 2.53. The Hall–Kier alpha value is -1.12. The summed E-state index contributed by atoms with van der Waals surface area (Å²) in [6, 6.07) is 0. The SMILES string of the molecule is C=C(C)C(=O)C(C)CC.CC.CC1CC2CC(C)(C1)CC(C)(C(=O)O)C2. The summed E-state index contributed by atoms with van der Waals surface area (Å²) in [5.41, 5.74) is 0.496. The van der Waals surface area contributed by atoms with Gasteiger partial charge in [0.05, 0.1) is 5.41 Å². The van der Waals surface area contributed by atoms with Crippen molar-refractivity contribution in [1.29, 1.82) is 0 Å². The molecule has 3 nitrogen and oxygen atoms in total. The van der Waals surface area contributed by atoms with Crippen molar-refractivity contribution in [3.05, 3.63) is 12.2 Å². The van der Waals surface area contributed by atoms with E-state index in [0.717, 1.165) is 25.2 Å². The van der Waals surface area contributed by atoms with Crippen LogP contribution in [0.3, 0.4) is 0 Å². The van der Waals surface area contributed by atoms with E-state index in [4.69, 9.17) is 0 Å². The number of hydrogen-bond acceptors (Lipinski definition) is 2. The first-order valence-corrected chi connectivity index (χ1v) is 10.4. The van der Waals surface area contributed by atoms with E-state index in [1.807, 2.05) is 34.6 Å². The van der Waals surface area contributed by atoms with Crippen molar-refractivity contribution >= 4 is 11.8 Å². The van der Waals surface area contributed by atoms with Gasteiger partial charge < -0.3 is 5.11 Å². The number of ketones is 1. The molecule has 0 aromatic carbocycles. The quantitative estimate of drug-likeness (QED) is 0.576. The topological polar surface area (TPSA) is 54.4 Å². The Morgan fingerprint density at radius 3 is 2.08 bits per heavy atom. The molecular weight excluding hydrogens is 324 g/mol. The summed E-state index contributed by atoms with van der Waals surface area (Å²) in [5, 5.41) is 9.33.